The van der Waals surface area contributed by atoms with Crippen LogP contribution >= 0.6 is 0 Å². The zero-order valence-corrected chi connectivity index (χ0v) is 10.9. The standard InChI is InChI=1S/C13H21N3O/c1-13(2)10-17-7-6-16(13)12-4-5-15-11(8-12)9-14-3/h4-5,8,14H,6-7,9-10H2,1-3H3. The van der Waals surface area contributed by atoms with Crippen molar-refractivity contribution in [2.75, 3.05) is 31.7 Å². The SMILES string of the molecule is CNCc1cc(N2CCOCC2(C)C)ccn1. The van der Waals surface area contributed by atoms with Crippen LogP contribution in [-0.4, -0.2) is 37.3 Å². The summed E-state index contributed by atoms with van der Waals surface area (Å²) >= 11 is 0. The Morgan fingerprint density at radius 1 is 1.53 bits per heavy atom. The fraction of sp³-hybridized carbons (Fsp3) is 0.615. The minimum absolute atomic E-state index is 0.0521. The molecule has 1 N–H and O–H groups in total. The Balaban J connectivity index is 2.23. The van der Waals surface area contributed by atoms with Crippen LogP contribution in [0.15, 0.2) is 18.3 Å². The minimum Gasteiger partial charge on any atom is -0.377 e. The van der Waals surface area contributed by atoms with Crippen molar-refractivity contribution >= 4 is 5.69 Å². The van der Waals surface area contributed by atoms with Crippen molar-refractivity contribution in [1.82, 2.24) is 10.3 Å². The Morgan fingerprint density at radius 2 is 2.35 bits per heavy atom. The van der Waals surface area contributed by atoms with E-state index in [1.807, 2.05) is 13.2 Å². The lowest BCUT2D eigenvalue weighted by Gasteiger charge is -2.43. The van der Waals surface area contributed by atoms with Gasteiger partial charge >= 0.3 is 0 Å². The largest absolute Gasteiger partial charge is 0.377 e. The van der Waals surface area contributed by atoms with Gasteiger partial charge in [0.15, 0.2) is 0 Å². The number of hydrogen-bond acceptors (Lipinski definition) is 4. The van der Waals surface area contributed by atoms with Gasteiger partial charge in [-0.2, -0.15) is 0 Å². The summed E-state index contributed by atoms with van der Waals surface area (Å²) in [6.45, 7) is 7.74. The Bertz CT molecular complexity index is 379. The summed E-state index contributed by atoms with van der Waals surface area (Å²) in [5.41, 5.74) is 2.36. The number of rotatable bonds is 3. The van der Waals surface area contributed by atoms with E-state index in [0.29, 0.717) is 0 Å². The highest BCUT2D eigenvalue weighted by Crippen LogP contribution is 2.26. The van der Waals surface area contributed by atoms with Gasteiger partial charge in [0.1, 0.15) is 0 Å². The highest BCUT2D eigenvalue weighted by molar-refractivity contribution is 5.49. The van der Waals surface area contributed by atoms with Crippen LogP contribution in [0.2, 0.25) is 0 Å². The Morgan fingerprint density at radius 3 is 3.06 bits per heavy atom. The molecular weight excluding hydrogens is 214 g/mol. The van der Waals surface area contributed by atoms with Crippen LogP contribution in [0.5, 0.6) is 0 Å². The molecule has 2 rings (SSSR count). The third kappa shape index (κ3) is 2.76. The molecule has 0 saturated carbocycles. The van der Waals surface area contributed by atoms with Gasteiger partial charge in [-0.1, -0.05) is 0 Å². The fourth-order valence-corrected chi connectivity index (χ4v) is 2.25. The molecule has 0 radical (unpaired) electrons. The number of aromatic nitrogens is 1. The van der Waals surface area contributed by atoms with Crippen LogP contribution in [0.3, 0.4) is 0 Å². The van der Waals surface area contributed by atoms with Crippen molar-refractivity contribution in [2.45, 2.75) is 25.9 Å². The molecule has 4 nitrogen and oxygen atoms in total. The molecule has 0 bridgehead atoms. The van der Waals surface area contributed by atoms with Gasteiger partial charge in [0.25, 0.3) is 0 Å². The van der Waals surface area contributed by atoms with Gasteiger partial charge < -0.3 is 15.0 Å². The fourth-order valence-electron chi connectivity index (χ4n) is 2.25. The lowest BCUT2D eigenvalue weighted by atomic mass is 10.0. The first kappa shape index (κ1) is 12.3. The molecule has 1 saturated heterocycles. The first-order chi connectivity index (χ1) is 8.13. The second-order valence-electron chi connectivity index (χ2n) is 5.05. The van der Waals surface area contributed by atoms with Crippen molar-refractivity contribution < 1.29 is 4.74 Å². The van der Waals surface area contributed by atoms with E-state index in [4.69, 9.17) is 4.74 Å². The molecule has 1 fully saturated rings. The van der Waals surface area contributed by atoms with E-state index in [1.165, 1.54) is 5.69 Å². The molecule has 94 valence electrons. The monoisotopic (exact) mass is 235 g/mol. The zero-order chi connectivity index (χ0) is 12.3. The van der Waals surface area contributed by atoms with Crippen LogP contribution in [-0.2, 0) is 11.3 Å². The number of anilines is 1. The molecule has 1 aliphatic rings. The van der Waals surface area contributed by atoms with Gasteiger partial charge in [-0.25, -0.2) is 0 Å². The maximum atomic E-state index is 5.54. The highest BCUT2D eigenvalue weighted by Gasteiger charge is 2.30. The average molecular weight is 235 g/mol. The predicted molar refractivity (Wildman–Crippen MR) is 69.2 cm³/mol. The number of hydrogen-bond donors (Lipinski definition) is 1. The topological polar surface area (TPSA) is 37.4 Å². The van der Waals surface area contributed by atoms with E-state index in [0.717, 1.165) is 32.0 Å². The van der Waals surface area contributed by atoms with Crippen molar-refractivity contribution in [2.24, 2.45) is 0 Å². The normalized spacial score (nSPS) is 19.4. The quantitative estimate of drug-likeness (QED) is 0.859. The highest BCUT2D eigenvalue weighted by atomic mass is 16.5. The summed E-state index contributed by atoms with van der Waals surface area (Å²) in [7, 11) is 1.94. The van der Waals surface area contributed by atoms with E-state index >= 15 is 0 Å². The number of ether oxygens (including phenoxy) is 1. The molecular formula is C13H21N3O. The molecule has 0 unspecified atom stereocenters. The summed E-state index contributed by atoms with van der Waals surface area (Å²) in [4.78, 5) is 6.75. The summed E-state index contributed by atoms with van der Waals surface area (Å²) in [6.07, 6.45) is 1.88. The van der Waals surface area contributed by atoms with Gasteiger partial charge in [0, 0.05) is 25.0 Å². The average Bonchev–Trinajstić information content (AvgIpc) is 2.29. The number of pyridine rings is 1. The van der Waals surface area contributed by atoms with E-state index in [-0.39, 0.29) is 5.54 Å². The van der Waals surface area contributed by atoms with Gasteiger partial charge in [-0.05, 0) is 33.0 Å². The first-order valence-corrected chi connectivity index (χ1v) is 6.08. The van der Waals surface area contributed by atoms with E-state index < -0.39 is 0 Å². The molecule has 0 spiro atoms. The summed E-state index contributed by atoms with van der Waals surface area (Å²) in [5.74, 6) is 0. The van der Waals surface area contributed by atoms with Crippen molar-refractivity contribution in [3.05, 3.63) is 24.0 Å². The summed E-state index contributed by atoms with van der Waals surface area (Å²) in [6, 6.07) is 4.23. The zero-order valence-electron chi connectivity index (χ0n) is 10.9. The smallest absolute Gasteiger partial charge is 0.0694 e. The third-order valence-electron chi connectivity index (χ3n) is 3.11. The van der Waals surface area contributed by atoms with Gasteiger partial charge in [0.05, 0.1) is 24.4 Å². The van der Waals surface area contributed by atoms with Gasteiger partial charge in [-0.15, -0.1) is 0 Å². The van der Waals surface area contributed by atoms with Crippen LogP contribution in [0.4, 0.5) is 5.69 Å². The van der Waals surface area contributed by atoms with Gasteiger partial charge in [0.2, 0.25) is 0 Å². The van der Waals surface area contributed by atoms with Crippen LogP contribution < -0.4 is 10.2 Å². The van der Waals surface area contributed by atoms with Gasteiger partial charge in [-0.3, -0.25) is 4.98 Å². The van der Waals surface area contributed by atoms with Crippen LogP contribution in [0, 0.1) is 0 Å². The van der Waals surface area contributed by atoms with Crippen molar-refractivity contribution in [3.63, 3.8) is 0 Å². The number of nitrogens with one attached hydrogen (secondary N) is 1. The molecule has 1 aliphatic heterocycles. The summed E-state index contributed by atoms with van der Waals surface area (Å²) < 4.78 is 5.54. The maximum Gasteiger partial charge on any atom is 0.0694 e. The molecule has 1 aromatic heterocycles. The molecule has 17 heavy (non-hydrogen) atoms. The third-order valence-corrected chi connectivity index (χ3v) is 3.11. The second-order valence-corrected chi connectivity index (χ2v) is 5.05. The lowest BCUT2D eigenvalue weighted by molar-refractivity contribution is 0.0644. The minimum atomic E-state index is 0.0521. The number of nitrogens with zero attached hydrogens (tertiary/aromatic N) is 2. The van der Waals surface area contributed by atoms with Crippen molar-refractivity contribution in [1.29, 1.82) is 0 Å². The number of morpholine rings is 1. The second kappa shape index (κ2) is 5.02. The van der Waals surface area contributed by atoms with Crippen LogP contribution in [0.25, 0.3) is 0 Å². The van der Waals surface area contributed by atoms with E-state index in [2.05, 4.69) is 41.2 Å². The van der Waals surface area contributed by atoms with Crippen LogP contribution in [0.1, 0.15) is 19.5 Å². The molecule has 4 heteroatoms. The predicted octanol–water partition coefficient (Wildman–Crippen LogP) is 1.42. The molecule has 0 atom stereocenters. The first-order valence-electron chi connectivity index (χ1n) is 6.08. The Kier molecular flexibility index (Phi) is 3.64. The van der Waals surface area contributed by atoms with E-state index in [1.54, 1.807) is 0 Å². The van der Waals surface area contributed by atoms with Crippen molar-refractivity contribution in [3.8, 4) is 0 Å². The summed E-state index contributed by atoms with van der Waals surface area (Å²) in [5, 5.41) is 3.13. The van der Waals surface area contributed by atoms with E-state index in [9.17, 15) is 0 Å². The lowest BCUT2D eigenvalue weighted by Crippen LogP contribution is -2.53. The molecule has 1 aromatic rings. The Labute approximate surface area is 103 Å². The molecule has 0 aliphatic carbocycles. The Hall–Kier alpha value is -1.13. The molecule has 0 amide bonds. The molecule has 0 aromatic carbocycles. The maximum absolute atomic E-state index is 5.54. The molecule has 2 heterocycles.